The fraction of sp³-hybridized carbons (Fsp3) is 0.500. The van der Waals surface area contributed by atoms with Gasteiger partial charge in [-0.2, -0.15) is 0 Å². The van der Waals surface area contributed by atoms with Crippen LogP contribution in [0.2, 0.25) is 0 Å². The summed E-state index contributed by atoms with van der Waals surface area (Å²) in [5.41, 5.74) is 0.786. The molecule has 17 heavy (non-hydrogen) atoms. The van der Waals surface area contributed by atoms with E-state index in [1.807, 2.05) is 19.9 Å². The molecule has 5 heteroatoms. The molecule has 94 valence electrons. The number of aliphatic carboxylic acids is 1. The molecule has 2 unspecified atom stereocenters. The zero-order valence-corrected chi connectivity index (χ0v) is 10.3. The Kier molecular flexibility index (Phi) is 4.75. The van der Waals surface area contributed by atoms with Gasteiger partial charge >= 0.3 is 5.97 Å². The predicted molar refractivity (Wildman–Crippen MR) is 65.3 cm³/mol. The topological polar surface area (TPSA) is 71.5 Å². The summed E-state index contributed by atoms with van der Waals surface area (Å²) >= 11 is 0. The van der Waals surface area contributed by atoms with E-state index in [9.17, 15) is 4.79 Å². The van der Waals surface area contributed by atoms with Gasteiger partial charge in [-0.15, -0.1) is 0 Å². The molecule has 1 heterocycles. The van der Waals surface area contributed by atoms with E-state index in [0.29, 0.717) is 12.5 Å². The Morgan fingerprint density at radius 1 is 1.53 bits per heavy atom. The van der Waals surface area contributed by atoms with Gasteiger partial charge in [0, 0.05) is 12.1 Å². The molecule has 0 saturated carbocycles. The van der Waals surface area contributed by atoms with Gasteiger partial charge in [0.15, 0.2) is 0 Å². The predicted octanol–water partition coefficient (Wildman–Crippen LogP) is 2.00. The van der Waals surface area contributed by atoms with Crippen LogP contribution in [0.25, 0.3) is 0 Å². The summed E-state index contributed by atoms with van der Waals surface area (Å²) in [6.45, 7) is 5.97. The van der Waals surface area contributed by atoms with Crippen molar-refractivity contribution >= 4 is 11.7 Å². The normalized spacial score (nSPS) is 13.8. The molecule has 0 bridgehead atoms. The van der Waals surface area contributed by atoms with Crippen molar-refractivity contribution in [2.45, 2.75) is 26.8 Å². The van der Waals surface area contributed by atoms with Crippen LogP contribution < -0.4 is 10.1 Å². The van der Waals surface area contributed by atoms with E-state index in [4.69, 9.17) is 9.84 Å². The first-order chi connectivity index (χ1) is 8.04. The smallest absolute Gasteiger partial charge is 0.308 e. The Labute approximate surface area is 101 Å². The fourth-order valence-electron chi connectivity index (χ4n) is 1.30. The molecular formula is C12H18N2O3. The van der Waals surface area contributed by atoms with Gasteiger partial charge in [0.05, 0.1) is 24.4 Å². The van der Waals surface area contributed by atoms with E-state index in [0.717, 1.165) is 5.69 Å². The van der Waals surface area contributed by atoms with Crippen LogP contribution in [0.15, 0.2) is 18.3 Å². The van der Waals surface area contributed by atoms with Crippen molar-refractivity contribution in [2.24, 2.45) is 5.92 Å². The maximum absolute atomic E-state index is 10.8. The van der Waals surface area contributed by atoms with Crippen LogP contribution in [-0.4, -0.2) is 28.7 Å². The first-order valence-electron chi connectivity index (χ1n) is 5.62. The van der Waals surface area contributed by atoms with E-state index in [2.05, 4.69) is 10.3 Å². The second-order valence-electron chi connectivity index (χ2n) is 3.88. The number of ether oxygens (including phenoxy) is 1. The maximum atomic E-state index is 10.8. The van der Waals surface area contributed by atoms with E-state index >= 15 is 0 Å². The number of nitrogens with zero attached hydrogens (tertiary/aromatic N) is 1. The molecule has 5 nitrogen and oxygen atoms in total. The van der Waals surface area contributed by atoms with Gasteiger partial charge in [0.25, 0.3) is 0 Å². The molecule has 2 atom stereocenters. The Hall–Kier alpha value is -1.78. The molecule has 0 aliphatic rings. The molecule has 2 N–H and O–H groups in total. The number of rotatable bonds is 6. The molecule has 0 aliphatic heterocycles. The number of pyridine rings is 1. The second kappa shape index (κ2) is 6.08. The number of hydrogen-bond donors (Lipinski definition) is 2. The molecule has 0 amide bonds. The minimum absolute atomic E-state index is 0.160. The average Bonchev–Trinajstić information content (AvgIpc) is 2.30. The Morgan fingerprint density at radius 2 is 2.24 bits per heavy atom. The molecule has 0 radical (unpaired) electrons. The van der Waals surface area contributed by atoms with Gasteiger partial charge < -0.3 is 15.2 Å². The number of nitrogens with one attached hydrogen (secondary N) is 1. The maximum Gasteiger partial charge on any atom is 0.308 e. The van der Waals surface area contributed by atoms with Crippen molar-refractivity contribution in [1.29, 1.82) is 0 Å². The zero-order valence-electron chi connectivity index (χ0n) is 10.3. The molecule has 0 aliphatic carbocycles. The lowest BCUT2D eigenvalue weighted by molar-refractivity contribution is -0.141. The van der Waals surface area contributed by atoms with Gasteiger partial charge in [-0.05, 0) is 26.8 Å². The Bertz CT molecular complexity index is 365. The first-order valence-corrected chi connectivity index (χ1v) is 5.62. The summed E-state index contributed by atoms with van der Waals surface area (Å²) in [4.78, 5) is 14.9. The zero-order chi connectivity index (χ0) is 12.8. The van der Waals surface area contributed by atoms with Crippen molar-refractivity contribution in [3.8, 4) is 5.88 Å². The molecule has 0 aromatic carbocycles. The summed E-state index contributed by atoms with van der Waals surface area (Å²) in [5.74, 6) is -0.706. The second-order valence-corrected chi connectivity index (χ2v) is 3.88. The molecule has 0 saturated heterocycles. The van der Waals surface area contributed by atoms with E-state index in [-0.39, 0.29) is 6.04 Å². The third-order valence-corrected chi connectivity index (χ3v) is 2.56. The number of aromatic nitrogens is 1. The van der Waals surface area contributed by atoms with E-state index in [1.165, 1.54) is 0 Å². The lowest BCUT2D eigenvalue weighted by Crippen LogP contribution is -2.29. The van der Waals surface area contributed by atoms with Gasteiger partial charge in [-0.25, -0.2) is 4.98 Å². The van der Waals surface area contributed by atoms with Crippen LogP contribution in [0.1, 0.15) is 20.8 Å². The van der Waals surface area contributed by atoms with Crippen LogP contribution >= 0.6 is 0 Å². The lowest BCUT2D eigenvalue weighted by atomic mass is 10.0. The summed E-state index contributed by atoms with van der Waals surface area (Å²) in [6.07, 6.45) is 1.63. The lowest BCUT2D eigenvalue weighted by Gasteiger charge is -2.18. The van der Waals surface area contributed by atoms with Crippen molar-refractivity contribution in [1.82, 2.24) is 4.98 Å². The van der Waals surface area contributed by atoms with Gasteiger partial charge in [0.2, 0.25) is 5.88 Å². The molecule has 0 fully saturated rings. The van der Waals surface area contributed by atoms with Gasteiger partial charge in [-0.3, -0.25) is 4.79 Å². The van der Waals surface area contributed by atoms with Crippen LogP contribution in [-0.2, 0) is 4.79 Å². The van der Waals surface area contributed by atoms with Crippen LogP contribution in [0.4, 0.5) is 5.69 Å². The van der Waals surface area contributed by atoms with Gasteiger partial charge in [-0.1, -0.05) is 0 Å². The van der Waals surface area contributed by atoms with Crippen molar-refractivity contribution in [3.05, 3.63) is 18.3 Å². The summed E-state index contributed by atoms with van der Waals surface area (Å²) in [6, 6.07) is 3.42. The number of carboxylic acid groups (broad SMARTS) is 1. The van der Waals surface area contributed by atoms with Crippen LogP contribution in [0.3, 0.4) is 0 Å². The van der Waals surface area contributed by atoms with Crippen molar-refractivity contribution < 1.29 is 14.6 Å². The summed E-state index contributed by atoms with van der Waals surface area (Å²) < 4.78 is 5.22. The molecule has 1 aromatic heterocycles. The third kappa shape index (κ3) is 3.94. The fourth-order valence-corrected chi connectivity index (χ4v) is 1.30. The minimum Gasteiger partial charge on any atom is -0.481 e. The highest BCUT2D eigenvalue weighted by molar-refractivity contribution is 5.71. The van der Waals surface area contributed by atoms with Crippen LogP contribution in [0.5, 0.6) is 5.88 Å². The number of carboxylic acids is 1. The third-order valence-electron chi connectivity index (χ3n) is 2.56. The summed E-state index contributed by atoms with van der Waals surface area (Å²) in [7, 11) is 0. The molecular weight excluding hydrogens is 220 g/mol. The van der Waals surface area contributed by atoms with Crippen LogP contribution in [0, 0.1) is 5.92 Å². The standard InChI is InChI=1S/C12H18N2O3/c1-4-17-11-6-5-10(7-13-11)14-9(3)8(2)12(15)16/h5-9,14H,4H2,1-3H3,(H,15,16). The number of hydrogen-bond acceptors (Lipinski definition) is 4. The minimum atomic E-state index is -0.816. The van der Waals surface area contributed by atoms with Gasteiger partial charge in [0.1, 0.15) is 0 Å². The summed E-state index contributed by atoms with van der Waals surface area (Å²) in [5, 5.41) is 12.0. The van der Waals surface area contributed by atoms with Crippen molar-refractivity contribution in [2.75, 3.05) is 11.9 Å². The van der Waals surface area contributed by atoms with E-state index < -0.39 is 11.9 Å². The highest BCUT2D eigenvalue weighted by Gasteiger charge is 2.18. The molecule has 0 spiro atoms. The largest absolute Gasteiger partial charge is 0.481 e. The molecule has 1 aromatic rings. The highest BCUT2D eigenvalue weighted by atomic mass is 16.5. The molecule has 1 rings (SSSR count). The Balaban J connectivity index is 2.59. The first kappa shape index (κ1) is 13.3. The monoisotopic (exact) mass is 238 g/mol. The number of anilines is 1. The van der Waals surface area contributed by atoms with E-state index in [1.54, 1.807) is 19.2 Å². The average molecular weight is 238 g/mol. The SMILES string of the molecule is CCOc1ccc(NC(C)C(C)C(=O)O)cn1. The quantitative estimate of drug-likeness (QED) is 0.793. The number of carbonyl (C=O) groups is 1. The van der Waals surface area contributed by atoms with Crippen molar-refractivity contribution in [3.63, 3.8) is 0 Å². The Morgan fingerprint density at radius 3 is 2.71 bits per heavy atom. The highest BCUT2D eigenvalue weighted by Crippen LogP contribution is 2.15.